The van der Waals surface area contributed by atoms with Crippen molar-refractivity contribution in [3.05, 3.63) is 58.7 Å². The van der Waals surface area contributed by atoms with Gasteiger partial charge in [0.2, 0.25) is 0 Å². The molecule has 4 heteroatoms. The normalized spacial score (nSPS) is 15.5. The fraction of sp³-hybridized carbons (Fsp3) is 0.350. The van der Waals surface area contributed by atoms with Crippen LogP contribution in [0.5, 0.6) is 11.5 Å². The molecule has 0 bridgehead atoms. The number of ether oxygens (including phenoxy) is 2. The van der Waals surface area contributed by atoms with Crippen LogP contribution in [0.3, 0.4) is 0 Å². The standard InChI is InChI=1S/C20H23NO3/c1-4-23-18-10-16-9-14(3)24-19(16)11-17(18)12-21-20(22)15-7-5-6-13(2)8-15/h5-8,10-11,14H,4,9,12H2,1-3H3,(H,21,22)/t14-/m1/s1. The second-order valence-corrected chi connectivity index (χ2v) is 6.19. The molecule has 0 saturated carbocycles. The zero-order chi connectivity index (χ0) is 17.1. The molecule has 2 aromatic carbocycles. The highest BCUT2D eigenvalue weighted by atomic mass is 16.5. The number of rotatable bonds is 5. The van der Waals surface area contributed by atoms with Crippen LogP contribution in [0.1, 0.15) is 40.9 Å². The Morgan fingerprint density at radius 2 is 2.17 bits per heavy atom. The van der Waals surface area contributed by atoms with Crippen molar-refractivity contribution < 1.29 is 14.3 Å². The maximum atomic E-state index is 12.3. The van der Waals surface area contributed by atoms with Crippen LogP contribution in [0, 0.1) is 6.92 Å². The number of nitrogens with one attached hydrogen (secondary N) is 1. The highest BCUT2D eigenvalue weighted by Crippen LogP contribution is 2.35. The minimum atomic E-state index is -0.0871. The van der Waals surface area contributed by atoms with E-state index >= 15 is 0 Å². The van der Waals surface area contributed by atoms with Gasteiger partial charge in [0.15, 0.2) is 0 Å². The largest absolute Gasteiger partial charge is 0.494 e. The molecule has 2 aromatic rings. The van der Waals surface area contributed by atoms with Crippen molar-refractivity contribution in [3.8, 4) is 11.5 Å². The lowest BCUT2D eigenvalue weighted by Crippen LogP contribution is -2.23. The van der Waals surface area contributed by atoms with Crippen LogP contribution >= 0.6 is 0 Å². The Labute approximate surface area is 142 Å². The number of benzene rings is 2. The molecule has 0 aliphatic carbocycles. The third kappa shape index (κ3) is 3.53. The minimum Gasteiger partial charge on any atom is -0.494 e. The average molecular weight is 325 g/mol. The van der Waals surface area contributed by atoms with Gasteiger partial charge in [-0.05, 0) is 45.0 Å². The summed E-state index contributed by atoms with van der Waals surface area (Å²) < 4.78 is 11.6. The number of carbonyl (C=O) groups excluding carboxylic acids is 1. The van der Waals surface area contributed by atoms with Crippen LogP contribution in [0.15, 0.2) is 36.4 Å². The molecule has 0 saturated heterocycles. The molecule has 1 heterocycles. The van der Waals surface area contributed by atoms with E-state index < -0.39 is 0 Å². The molecule has 0 unspecified atom stereocenters. The summed E-state index contributed by atoms with van der Waals surface area (Å²) in [5, 5.41) is 2.97. The SMILES string of the molecule is CCOc1cc2c(cc1CNC(=O)c1cccc(C)c1)O[C@H](C)C2. The summed E-state index contributed by atoms with van der Waals surface area (Å²) in [4.78, 5) is 12.3. The minimum absolute atomic E-state index is 0.0871. The maximum absolute atomic E-state index is 12.3. The molecular weight excluding hydrogens is 302 g/mol. The van der Waals surface area contributed by atoms with E-state index in [1.165, 1.54) is 5.56 Å². The van der Waals surface area contributed by atoms with Gasteiger partial charge in [0, 0.05) is 29.7 Å². The van der Waals surface area contributed by atoms with E-state index in [-0.39, 0.29) is 12.0 Å². The summed E-state index contributed by atoms with van der Waals surface area (Å²) in [6, 6.07) is 11.6. The number of hydrogen-bond donors (Lipinski definition) is 1. The average Bonchev–Trinajstić information content (AvgIpc) is 2.91. The molecule has 126 valence electrons. The van der Waals surface area contributed by atoms with Gasteiger partial charge in [0.1, 0.15) is 17.6 Å². The fourth-order valence-corrected chi connectivity index (χ4v) is 2.97. The number of carbonyl (C=O) groups is 1. The molecule has 0 fully saturated rings. The van der Waals surface area contributed by atoms with Crippen LogP contribution in [0.2, 0.25) is 0 Å². The van der Waals surface area contributed by atoms with Crippen molar-refractivity contribution in [1.82, 2.24) is 5.32 Å². The van der Waals surface area contributed by atoms with Crippen LogP contribution in [0.25, 0.3) is 0 Å². The molecule has 1 N–H and O–H groups in total. The predicted molar refractivity (Wildman–Crippen MR) is 93.8 cm³/mol. The third-order valence-electron chi connectivity index (χ3n) is 4.10. The van der Waals surface area contributed by atoms with Gasteiger partial charge >= 0.3 is 0 Å². The molecule has 0 radical (unpaired) electrons. The Balaban J connectivity index is 1.77. The number of aryl methyl sites for hydroxylation is 1. The highest BCUT2D eigenvalue weighted by molar-refractivity contribution is 5.94. The summed E-state index contributed by atoms with van der Waals surface area (Å²) in [6.07, 6.45) is 1.08. The Morgan fingerprint density at radius 3 is 2.92 bits per heavy atom. The summed E-state index contributed by atoms with van der Waals surface area (Å²) in [7, 11) is 0. The molecule has 1 atom stereocenters. The van der Waals surface area contributed by atoms with Crippen molar-refractivity contribution in [3.63, 3.8) is 0 Å². The number of amides is 1. The lowest BCUT2D eigenvalue weighted by Gasteiger charge is -2.13. The van der Waals surface area contributed by atoms with Crippen LogP contribution in [-0.2, 0) is 13.0 Å². The number of hydrogen-bond acceptors (Lipinski definition) is 3. The monoisotopic (exact) mass is 325 g/mol. The molecule has 24 heavy (non-hydrogen) atoms. The van der Waals surface area contributed by atoms with Gasteiger partial charge in [0.25, 0.3) is 5.91 Å². The molecule has 1 aliphatic heterocycles. The van der Waals surface area contributed by atoms with E-state index in [1.807, 2.05) is 50.2 Å². The van der Waals surface area contributed by atoms with Gasteiger partial charge in [0.05, 0.1) is 6.61 Å². The Morgan fingerprint density at radius 1 is 1.33 bits per heavy atom. The third-order valence-corrected chi connectivity index (χ3v) is 4.10. The molecule has 1 amide bonds. The van der Waals surface area contributed by atoms with E-state index in [1.54, 1.807) is 0 Å². The van der Waals surface area contributed by atoms with E-state index in [4.69, 9.17) is 9.47 Å². The molecule has 1 aliphatic rings. The molecule has 0 aromatic heterocycles. The van der Waals surface area contributed by atoms with E-state index in [0.717, 1.165) is 29.0 Å². The first-order valence-corrected chi connectivity index (χ1v) is 8.37. The second kappa shape index (κ2) is 6.95. The Hall–Kier alpha value is -2.49. The highest BCUT2D eigenvalue weighted by Gasteiger charge is 2.22. The smallest absolute Gasteiger partial charge is 0.251 e. The Bertz CT molecular complexity index is 755. The van der Waals surface area contributed by atoms with Crippen LogP contribution < -0.4 is 14.8 Å². The lowest BCUT2D eigenvalue weighted by atomic mass is 10.1. The summed E-state index contributed by atoms with van der Waals surface area (Å²) in [5.74, 6) is 1.63. The maximum Gasteiger partial charge on any atom is 0.251 e. The molecular formula is C20H23NO3. The van der Waals surface area contributed by atoms with E-state index in [2.05, 4.69) is 12.2 Å². The predicted octanol–water partition coefficient (Wildman–Crippen LogP) is 3.65. The van der Waals surface area contributed by atoms with Crippen molar-refractivity contribution in [2.24, 2.45) is 0 Å². The van der Waals surface area contributed by atoms with E-state index in [9.17, 15) is 4.79 Å². The van der Waals surface area contributed by atoms with Gasteiger partial charge in [-0.25, -0.2) is 0 Å². The van der Waals surface area contributed by atoms with Crippen LogP contribution in [-0.4, -0.2) is 18.6 Å². The molecule has 4 nitrogen and oxygen atoms in total. The molecule has 0 spiro atoms. The first kappa shape index (κ1) is 16.4. The van der Waals surface area contributed by atoms with Crippen LogP contribution in [0.4, 0.5) is 0 Å². The number of fused-ring (bicyclic) bond motifs is 1. The lowest BCUT2D eigenvalue weighted by molar-refractivity contribution is 0.0950. The van der Waals surface area contributed by atoms with Crippen molar-refractivity contribution in [1.29, 1.82) is 0 Å². The summed E-state index contributed by atoms with van der Waals surface area (Å²) in [6.45, 7) is 6.99. The van der Waals surface area contributed by atoms with Gasteiger partial charge in [-0.3, -0.25) is 4.79 Å². The molecule has 3 rings (SSSR count). The van der Waals surface area contributed by atoms with Gasteiger partial charge in [-0.1, -0.05) is 17.7 Å². The first-order valence-electron chi connectivity index (χ1n) is 8.37. The van der Waals surface area contributed by atoms with Gasteiger partial charge in [-0.2, -0.15) is 0 Å². The van der Waals surface area contributed by atoms with E-state index in [0.29, 0.717) is 18.7 Å². The zero-order valence-electron chi connectivity index (χ0n) is 14.4. The Kier molecular flexibility index (Phi) is 4.74. The van der Waals surface area contributed by atoms with Crippen molar-refractivity contribution >= 4 is 5.91 Å². The van der Waals surface area contributed by atoms with Gasteiger partial charge in [-0.15, -0.1) is 0 Å². The summed E-state index contributed by atoms with van der Waals surface area (Å²) in [5.41, 5.74) is 3.84. The second-order valence-electron chi connectivity index (χ2n) is 6.19. The zero-order valence-corrected chi connectivity index (χ0v) is 14.4. The quantitative estimate of drug-likeness (QED) is 0.913. The van der Waals surface area contributed by atoms with Crippen molar-refractivity contribution in [2.75, 3.05) is 6.61 Å². The van der Waals surface area contributed by atoms with Crippen molar-refractivity contribution in [2.45, 2.75) is 39.8 Å². The topological polar surface area (TPSA) is 47.6 Å². The summed E-state index contributed by atoms with van der Waals surface area (Å²) >= 11 is 0. The van der Waals surface area contributed by atoms with Gasteiger partial charge < -0.3 is 14.8 Å². The fourth-order valence-electron chi connectivity index (χ4n) is 2.97. The first-order chi connectivity index (χ1) is 11.6.